The van der Waals surface area contributed by atoms with Crippen LogP contribution in [0.15, 0.2) is 12.1 Å². The number of phenols is 1. The lowest BCUT2D eigenvalue weighted by Crippen LogP contribution is -1.99. The van der Waals surface area contributed by atoms with Crippen LogP contribution in [0.5, 0.6) is 5.75 Å². The molecule has 1 heteroatoms. The zero-order chi connectivity index (χ0) is 20.5. The zero-order valence-corrected chi connectivity index (χ0v) is 19.3. The molecule has 0 radical (unpaired) electrons. The first-order chi connectivity index (χ1) is 13.7. The number of unbranched alkanes of at least 4 members (excludes halogenated alkanes) is 14. The zero-order valence-electron chi connectivity index (χ0n) is 19.3. The number of benzene rings is 1. The first-order valence-corrected chi connectivity index (χ1v) is 12.5. The Balaban J connectivity index is 2.30. The van der Waals surface area contributed by atoms with Crippen LogP contribution in [0, 0.1) is 6.92 Å². The molecule has 0 fully saturated rings. The van der Waals surface area contributed by atoms with Crippen molar-refractivity contribution in [3.63, 3.8) is 0 Å². The van der Waals surface area contributed by atoms with Crippen LogP contribution in [-0.2, 0) is 12.8 Å². The first-order valence-electron chi connectivity index (χ1n) is 12.5. The number of aryl methyl sites for hydroxylation is 1. The molecule has 0 heterocycles. The number of aromatic hydroxyl groups is 1. The minimum absolute atomic E-state index is 0.481. The van der Waals surface area contributed by atoms with Crippen LogP contribution in [-0.4, -0.2) is 5.11 Å². The molecule has 0 spiro atoms. The summed E-state index contributed by atoms with van der Waals surface area (Å²) in [5.41, 5.74) is 4.05. The highest BCUT2D eigenvalue weighted by Crippen LogP contribution is 2.27. The van der Waals surface area contributed by atoms with E-state index < -0.39 is 0 Å². The van der Waals surface area contributed by atoms with Gasteiger partial charge in [0, 0.05) is 0 Å². The molecule has 28 heavy (non-hydrogen) atoms. The van der Waals surface area contributed by atoms with Gasteiger partial charge in [-0.05, 0) is 55.4 Å². The summed E-state index contributed by atoms with van der Waals surface area (Å²) in [4.78, 5) is 0. The quantitative estimate of drug-likeness (QED) is 0.249. The van der Waals surface area contributed by atoms with Crippen molar-refractivity contribution < 1.29 is 5.11 Å². The predicted octanol–water partition coefficient (Wildman–Crippen LogP) is 9.07. The average Bonchev–Trinajstić information content (AvgIpc) is 2.70. The average molecular weight is 389 g/mol. The van der Waals surface area contributed by atoms with Crippen molar-refractivity contribution in [2.75, 3.05) is 0 Å². The standard InChI is InChI=1S/C27H48O/c1-4-6-8-10-12-14-16-18-20-25-22-23-27(28)24(3)26(25)21-19-17-15-13-11-9-7-5-2/h22-23,28H,4-21H2,1-3H3. The Kier molecular flexibility index (Phi) is 15.1. The van der Waals surface area contributed by atoms with Gasteiger partial charge in [-0.3, -0.25) is 0 Å². The summed E-state index contributed by atoms with van der Waals surface area (Å²) in [7, 11) is 0. The van der Waals surface area contributed by atoms with Gasteiger partial charge in [0.1, 0.15) is 5.75 Å². The summed E-state index contributed by atoms with van der Waals surface area (Å²) in [6, 6.07) is 4.09. The first kappa shape index (κ1) is 25.1. The highest BCUT2D eigenvalue weighted by atomic mass is 16.3. The van der Waals surface area contributed by atoms with Gasteiger partial charge in [-0.1, -0.05) is 110 Å². The van der Waals surface area contributed by atoms with Crippen molar-refractivity contribution in [3.8, 4) is 5.75 Å². The van der Waals surface area contributed by atoms with Crippen LogP contribution >= 0.6 is 0 Å². The van der Waals surface area contributed by atoms with E-state index in [-0.39, 0.29) is 0 Å². The molecule has 0 aliphatic rings. The third-order valence-electron chi connectivity index (χ3n) is 6.25. The molecule has 0 bridgehead atoms. The monoisotopic (exact) mass is 388 g/mol. The van der Waals surface area contributed by atoms with Crippen molar-refractivity contribution in [3.05, 3.63) is 28.8 Å². The molecule has 0 amide bonds. The van der Waals surface area contributed by atoms with Gasteiger partial charge in [0.15, 0.2) is 0 Å². The Morgan fingerprint density at radius 2 is 1.00 bits per heavy atom. The molecular weight excluding hydrogens is 340 g/mol. The van der Waals surface area contributed by atoms with Crippen molar-refractivity contribution in [2.24, 2.45) is 0 Å². The normalized spacial score (nSPS) is 11.2. The maximum atomic E-state index is 10.2. The molecule has 162 valence electrons. The van der Waals surface area contributed by atoms with E-state index in [2.05, 4.69) is 26.8 Å². The molecule has 0 unspecified atom stereocenters. The smallest absolute Gasteiger partial charge is 0.118 e. The van der Waals surface area contributed by atoms with Crippen LogP contribution in [0.1, 0.15) is 133 Å². The molecular formula is C27H48O. The Labute approximate surface area is 176 Å². The fourth-order valence-corrected chi connectivity index (χ4v) is 4.27. The number of phenolic OH excluding ortho intramolecular Hbond substituents is 1. The Morgan fingerprint density at radius 1 is 0.571 bits per heavy atom. The summed E-state index contributed by atoms with van der Waals surface area (Å²) in [6.45, 7) is 6.67. The largest absolute Gasteiger partial charge is 0.508 e. The molecule has 0 saturated carbocycles. The summed E-state index contributed by atoms with van der Waals surface area (Å²) in [5.74, 6) is 0.481. The lowest BCUT2D eigenvalue weighted by Gasteiger charge is -2.14. The summed E-state index contributed by atoms with van der Waals surface area (Å²) in [6.07, 6.45) is 24.2. The Hall–Kier alpha value is -0.980. The topological polar surface area (TPSA) is 20.2 Å². The van der Waals surface area contributed by atoms with E-state index in [1.165, 1.54) is 120 Å². The molecule has 0 aliphatic carbocycles. The van der Waals surface area contributed by atoms with Crippen molar-refractivity contribution in [2.45, 2.75) is 136 Å². The molecule has 0 aliphatic heterocycles. The summed E-state index contributed by atoms with van der Waals surface area (Å²) in [5, 5.41) is 10.2. The second-order valence-electron chi connectivity index (χ2n) is 8.80. The van der Waals surface area contributed by atoms with E-state index in [9.17, 15) is 5.11 Å². The highest BCUT2D eigenvalue weighted by molar-refractivity contribution is 5.43. The number of hydrogen-bond donors (Lipinski definition) is 1. The molecule has 1 N–H and O–H groups in total. The second kappa shape index (κ2) is 16.9. The fraction of sp³-hybridized carbons (Fsp3) is 0.778. The minimum atomic E-state index is 0.481. The maximum Gasteiger partial charge on any atom is 0.118 e. The lowest BCUT2D eigenvalue weighted by molar-refractivity contribution is 0.469. The van der Waals surface area contributed by atoms with Crippen LogP contribution in [0.25, 0.3) is 0 Å². The fourth-order valence-electron chi connectivity index (χ4n) is 4.27. The van der Waals surface area contributed by atoms with Crippen molar-refractivity contribution >= 4 is 0 Å². The molecule has 1 aromatic rings. The highest BCUT2D eigenvalue weighted by Gasteiger charge is 2.09. The van der Waals surface area contributed by atoms with Gasteiger partial charge in [-0.25, -0.2) is 0 Å². The van der Waals surface area contributed by atoms with Crippen LogP contribution < -0.4 is 0 Å². The van der Waals surface area contributed by atoms with E-state index in [1.807, 2.05) is 6.07 Å². The van der Waals surface area contributed by atoms with E-state index in [0.29, 0.717) is 5.75 Å². The minimum Gasteiger partial charge on any atom is -0.508 e. The van der Waals surface area contributed by atoms with E-state index in [4.69, 9.17) is 0 Å². The SMILES string of the molecule is CCCCCCCCCCc1ccc(O)c(C)c1CCCCCCCCCC. The van der Waals surface area contributed by atoms with E-state index >= 15 is 0 Å². The van der Waals surface area contributed by atoms with Gasteiger partial charge < -0.3 is 5.11 Å². The molecule has 1 rings (SSSR count). The second-order valence-corrected chi connectivity index (χ2v) is 8.80. The molecule has 1 aromatic carbocycles. The molecule has 0 atom stereocenters. The molecule has 0 aromatic heterocycles. The lowest BCUT2D eigenvalue weighted by atomic mass is 9.92. The maximum absolute atomic E-state index is 10.2. The van der Waals surface area contributed by atoms with Gasteiger partial charge >= 0.3 is 0 Å². The Bertz CT molecular complexity index is 491. The van der Waals surface area contributed by atoms with Gasteiger partial charge in [-0.15, -0.1) is 0 Å². The van der Waals surface area contributed by atoms with Crippen LogP contribution in [0.4, 0.5) is 0 Å². The molecule has 1 nitrogen and oxygen atoms in total. The van der Waals surface area contributed by atoms with Gasteiger partial charge in [0.2, 0.25) is 0 Å². The Morgan fingerprint density at radius 3 is 1.50 bits per heavy atom. The summed E-state index contributed by atoms with van der Waals surface area (Å²) < 4.78 is 0. The predicted molar refractivity (Wildman–Crippen MR) is 125 cm³/mol. The van der Waals surface area contributed by atoms with Gasteiger partial charge in [0.05, 0.1) is 0 Å². The number of rotatable bonds is 18. The van der Waals surface area contributed by atoms with Crippen molar-refractivity contribution in [1.29, 1.82) is 0 Å². The van der Waals surface area contributed by atoms with Gasteiger partial charge in [0.25, 0.3) is 0 Å². The third kappa shape index (κ3) is 11.1. The van der Waals surface area contributed by atoms with E-state index in [1.54, 1.807) is 0 Å². The van der Waals surface area contributed by atoms with Crippen LogP contribution in [0.2, 0.25) is 0 Å². The van der Waals surface area contributed by atoms with Crippen molar-refractivity contribution in [1.82, 2.24) is 0 Å². The number of hydrogen-bond acceptors (Lipinski definition) is 1. The van der Waals surface area contributed by atoms with Crippen LogP contribution in [0.3, 0.4) is 0 Å². The summed E-state index contributed by atoms with van der Waals surface area (Å²) >= 11 is 0. The third-order valence-corrected chi connectivity index (χ3v) is 6.25. The van der Waals surface area contributed by atoms with E-state index in [0.717, 1.165) is 12.0 Å². The molecule has 0 saturated heterocycles. The van der Waals surface area contributed by atoms with Gasteiger partial charge in [-0.2, -0.15) is 0 Å².